The standard InChI is InChI=1S/C9H8BrNS/c1-2-12-9-5-7(6-11)3-4-8(9)10/h3-5H,2H2,1H3. The molecule has 0 fully saturated rings. The molecular weight excluding hydrogens is 234 g/mol. The zero-order chi connectivity index (χ0) is 8.97. The monoisotopic (exact) mass is 241 g/mol. The van der Waals surface area contributed by atoms with Gasteiger partial charge in [0.05, 0.1) is 11.6 Å². The summed E-state index contributed by atoms with van der Waals surface area (Å²) < 4.78 is 1.06. The minimum Gasteiger partial charge on any atom is -0.192 e. The van der Waals surface area contributed by atoms with E-state index in [-0.39, 0.29) is 0 Å². The summed E-state index contributed by atoms with van der Waals surface area (Å²) in [6.07, 6.45) is 0. The molecule has 3 heteroatoms. The lowest BCUT2D eigenvalue weighted by Gasteiger charge is -2.01. The summed E-state index contributed by atoms with van der Waals surface area (Å²) in [6, 6.07) is 7.74. The Morgan fingerprint density at radius 3 is 2.92 bits per heavy atom. The van der Waals surface area contributed by atoms with Crippen molar-refractivity contribution >= 4 is 27.7 Å². The fourth-order valence-electron chi connectivity index (χ4n) is 0.839. The van der Waals surface area contributed by atoms with Gasteiger partial charge in [0.1, 0.15) is 0 Å². The maximum absolute atomic E-state index is 8.65. The maximum Gasteiger partial charge on any atom is 0.0992 e. The van der Waals surface area contributed by atoms with Gasteiger partial charge in [-0.25, -0.2) is 0 Å². The van der Waals surface area contributed by atoms with Gasteiger partial charge in [0, 0.05) is 9.37 Å². The zero-order valence-corrected chi connectivity index (χ0v) is 9.08. The number of thioether (sulfide) groups is 1. The molecule has 0 N–H and O–H groups in total. The van der Waals surface area contributed by atoms with Crippen molar-refractivity contribution in [2.75, 3.05) is 5.75 Å². The summed E-state index contributed by atoms with van der Waals surface area (Å²) in [5.74, 6) is 1.02. The predicted octanol–water partition coefficient (Wildman–Crippen LogP) is 3.43. The van der Waals surface area contributed by atoms with E-state index in [9.17, 15) is 0 Å². The molecule has 0 unspecified atom stereocenters. The Bertz CT molecular complexity index is 317. The number of nitrogens with zero attached hydrogens (tertiary/aromatic N) is 1. The van der Waals surface area contributed by atoms with E-state index in [1.54, 1.807) is 11.8 Å². The van der Waals surface area contributed by atoms with Crippen LogP contribution in [0.1, 0.15) is 12.5 Å². The zero-order valence-electron chi connectivity index (χ0n) is 6.67. The van der Waals surface area contributed by atoms with Crippen molar-refractivity contribution in [3.8, 4) is 6.07 Å². The molecule has 0 radical (unpaired) electrons. The molecule has 0 atom stereocenters. The van der Waals surface area contributed by atoms with E-state index in [0.717, 1.165) is 15.1 Å². The van der Waals surface area contributed by atoms with Gasteiger partial charge in [0.2, 0.25) is 0 Å². The number of hydrogen-bond acceptors (Lipinski definition) is 2. The van der Waals surface area contributed by atoms with Crippen LogP contribution in [0.4, 0.5) is 0 Å². The number of nitriles is 1. The third-order valence-corrected chi connectivity index (χ3v) is 3.25. The lowest BCUT2D eigenvalue weighted by Crippen LogP contribution is -1.79. The Balaban J connectivity index is 3.01. The molecule has 0 heterocycles. The Hall–Kier alpha value is -0.460. The fraction of sp³-hybridized carbons (Fsp3) is 0.222. The van der Waals surface area contributed by atoms with Crippen LogP contribution in [0.2, 0.25) is 0 Å². The average molecular weight is 242 g/mol. The van der Waals surface area contributed by atoms with Gasteiger partial charge in [-0.2, -0.15) is 5.26 Å². The van der Waals surface area contributed by atoms with Crippen LogP contribution in [0.5, 0.6) is 0 Å². The van der Waals surface area contributed by atoms with E-state index in [0.29, 0.717) is 5.56 Å². The van der Waals surface area contributed by atoms with E-state index in [1.807, 2.05) is 18.2 Å². The summed E-state index contributed by atoms with van der Waals surface area (Å²) in [5, 5.41) is 8.65. The largest absolute Gasteiger partial charge is 0.192 e. The van der Waals surface area contributed by atoms with Gasteiger partial charge in [-0.1, -0.05) is 6.92 Å². The molecule has 1 nitrogen and oxygen atoms in total. The molecule has 12 heavy (non-hydrogen) atoms. The molecule has 0 saturated heterocycles. The van der Waals surface area contributed by atoms with Crippen molar-refractivity contribution in [1.29, 1.82) is 5.26 Å². The van der Waals surface area contributed by atoms with Crippen molar-refractivity contribution < 1.29 is 0 Å². The average Bonchev–Trinajstić information content (AvgIpc) is 2.09. The third kappa shape index (κ3) is 2.26. The van der Waals surface area contributed by atoms with E-state index >= 15 is 0 Å². The number of rotatable bonds is 2. The molecule has 0 amide bonds. The van der Waals surface area contributed by atoms with Crippen LogP contribution in [0.15, 0.2) is 27.6 Å². The molecule has 62 valence electrons. The highest BCUT2D eigenvalue weighted by atomic mass is 79.9. The second-order valence-corrected chi connectivity index (χ2v) is 4.35. The molecule has 0 aliphatic rings. The van der Waals surface area contributed by atoms with Crippen molar-refractivity contribution in [2.24, 2.45) is 0 Å². The smallest absolute Gasteiger partial charge is 0.0992 e. The summed E-state index contributed by atoms with van der Waals surface area (Å²) >= 11 is 5.16. The minimum atomic E-state index is 0.717. The first-order valence-corrected chi connectivity index (χ1v) is 5.38. The lowest BCUT2D eigenvalue weighted by atomic mass is 10.2. The summed E-state index contributed by atoms with van der Waals surface area (Å²) in [4.78, 5) is 1.14. The van der Waals surface area contributed by atoms with Crippen LogP contribution < -0.4 is 0 Å². The lowest BCUT2D eigenvalue weighted by molar-refractivity contribution is 1.35. The van der Waals surface area contributed by atoms with Gasteiger partial charge in [0.15, 0.2) is 0 Å². The molecular formula is C9H8BrNS. The second-order valence-electron chi connectivity index (χ2n) is 2.19. The number of hydrogen-bond donors (Lipinski definition) is 0. The van der Waals surface area contributed by atoms with Gasteiger partial charge in [-0.15, -0.1) is 11.8 Å². The Morgan fingerprint density at radius 2 is 2.33 bits per heavy atom. The molecule has 1 rings (SSSR count). The van der Waals surface area contributed by atoms with Crippen molar-refractivity contribution in [3.05, 3.63) is 28.2 Å². The summed E-state index contributed by atoms with van der Waals surface area (Å²) in [7, 11) is 0. The van der Waals surface area contributed by atoms with E-state index in [2.05, 4.69) is 28.9 Å². The van der Waals surface area contributed by atoms with Crippen molar-refractivity contribution in [3.63, 3.8) is 0 Å². The molecule has 0 spiro atoms. The first-order chi connectivity index (χ1) is 5.77. The topological polar surface area (TPSA) is 23.8 Å². The summed E-state index contributed by atoms with van der Waals surface area (Å²) in [6.45, 7) is 2.09. The maximum atomic E-state index is 8.65. The fourth-order valence-corrected chi connectivity index (χ4v) is 2.16. The van der Waals surface area contributed by atoms with Crippen LogP contribution in [-0.4, -0.2) is 5.75 Å². The molecule has 0 aliphatic carbocycles. The SMILES string of the molecule is CCSc1cc(C#N)ccc1Br. The number of benzene rings is 1. The van der Waals surface area contributed by atoms with Crippen molar-refractivity contribution in [1.82, 2.24) is 0 Å². The van der Waals surface area contributed by atoms with Crippen LogP contribution in [0.25, 0.3) is 0 Å². The highest BCUT2D eigenvalue weighted by Gasteiger charge is 2.00. The van der Waals surface area contributed by atoms with Crippen molar-refractivity contribution in [2.45, 2.75) is 11.8 Å². The van der Waals surface area contributed by atoms with Gasteiger partial charge < -0.3 is 0 Å². The van der Waals surface area contributed by atoms with Gasteiger partial charge >= 0.3 is 0 Å². The quantitative estimate of drug-likeness (QED) is 0.742. The normalized spacial score (nSPS) is 9.42. The Morgan fingerprint density at radius 1 is 1.58 bits per heavy atom. The van der Waals surface area contributed by atoms with Crippen LogP contribution in [0, 0.1) is 11.3 Å². The summed E-state index contributed by atoms with van der Waals surface area (Å²) in [5.41, 5.74) is 0.717. The van der Waals surface area contributed by atoms with E-state index in [1.165, 1.54) is 0 Å². The molecule has 0 aromatic heterocycles. The highest BCUT2D eigenvalue weighted by Crippen LogP contribution is 2.27. The van der Waals surface area contributed by atoms with Crippen LogP contribution in [-0.2, 0) is 0 Å². The van der Waals surface area contributed by atoms with Gasteiger partial charge in [-0.05, 0) is 39.9 Å². The van der Waals surface area contributed by atoms with Gasteiger partial charge in [-0.3, -0.25) is 0 Å². The third-order valence-electron chi connectivity index (χ3n) is 1.36. The Kier molecular flexibility index (Phi) is 3.64. The highest BCUT2D eigenvalue weighted by molar-refractivity contribution is 9.10. The molecule has 0 aliphatic heterocycles. The van der Waals surface area contributed by atoms with Crippen LogP contribution in [0.3, 0.4) is 0 Å². The van der Waals surface area contributed by atoms with Crippen LogP contribution >= 0.6 is 27.7 Å². The minimum absolute atomic E-state index is 0.717. The van der Waals surface area contributed by atoms with E-state index in [4.69, 9.17) is 5.26 Å². The number of halogens is 1. The van der Waals surface area contributed by atoms with Gasteiger partial charge in [0.25, 0.3) is 0 Å². The molecule has 0 saturated carbocycles. The van der Waals surface area contributed by atoms with E-state index < -0.39 is 0 Å². The predicted molar refractivity (Wildman–Crippen MR) is 55.3 cm³/mol. The first-order valence-electron chi connectivity index (χ1n) is 3.60. The molecule has 1 aromatic rings. The first kappa shape index (κ1) is 9.63. The molecule has 1 aromatic carbocycles. The second kappa shape index (κ2) is 4.54. The Labute approximate surface area is 84.9 Å². The molecule has 0 bridgehead atoms.